The standard InChI is InChI=1S/C5H9N3OS/c6-2-1-3-4(9)8-5(10)7-3/h3H,1-2,6H2,(H2,7,8,9,10). The molecular formula is C5H9N3OS. The maximum absolute atomic E-state index is 10.9. The summed E-state index contributed by atoms with van der Waals surface area (Å²) in [6.07, 6.45) is 0.631. The van der Waals surface area contributed by atoms with E-state index in [0.29, 0.717) is 18.1 Å². The molecule has 4 nitrogen and oxygen atoms in total. The van der Waals surface area contributed by atoms with Crippen molar-refractivity contribution in [1.29, 1.82) is 0 Å². The molecule has 0 radical (unpaired) electrons. The van der Waals surface area contributed by atoms with Gasteiger partial charge in [0, 0.05) is 0 Å². The molecule has 1 rings (SSSR count). The van der Waals surface area contributed by atoms with Crippen molar-refractivity contribution in [2.45, 2.75) is 12.5 Å². The fraction of sp³-hybridized carbons (Fsp3) is 0.600. The lowest BCUT2D eigenvalue weighted by Crippen LogP contribution is -2.31. The van der Waals surface area contributed by atoms with Crippen LogP contribution in [0.4, 0.5) is 0 Å². The van der Waals surface area contributed by atoms with E-state index < -0.39 is 0 Å². The van der Waals surface area contributed by atoms with Gasteiger partial charge in [-0.05, 0) is 25.2 Å². The maximum Gasteiger partial charge on any atom is 0.248 e. The van der Waals surface area contributed by atoms with Crippen molar-refractivity contribution in [1.82, 2.24) is 10.6 Å². The predicted molar refractivity (Wildman–Crippen MR) is 41.3 cm³/mol. The molecule has 0 aromatic heterocycles. The molecule has 1 atom stereocenters. The summed E-state index contributed by atoms with van der Waals surface area (Å²) in [7, 11) is 0. The zero-order chi connectivity index (χ0) is 7.56. The number of amides is 1. The summed E-state index contributed by atoms with van der Waals surface area (Å²) in [4.78, 5) is 10.9. The first kappa shape index (κ1) is 7.43. The van der Waals surface area contributed by atoms with Crippen molar-refractivity contribution in [2.24, 2.45) is 5.73 Å². The third-order valence-corrected chi connectivity index (χ3v) is 1.53. The number of rotatable bonds is 2. The molecule has 1 fully saturated rings. The van der Waals surface area contributed by atoms with Gasteiger partial charge >= 0.3 is 0 Å². The highest BCUT2D eigenvalue weighted by Crippen LogP contribution is 1.96. The molecule has 1 unspecified atom stereocenters. The summed E-state index contributed by atoms with van der Waals surface area (Å²) in [5.41, 5.74) is 5.25. The summed E-state index contributed by atoms with van der Waals surface area (Å²) in [5.74, 6) is -0.0737. The Balaban J connectivity index is 2.46. The van der Waals surface area contributed by atoms with E-state index in [4.69, 9.17) is 18.0 Å². The zero-order valence-corrected chi connectivity index (χ0v) is 6.20. The van der Waals surface area contributed by atoms with E-state index in [9.17, 15) is 4.79 Å². The third-order valence-electron chi connectivity index (χ3n) is 1.31. The van der Waals surface area contributed by atoms with Crippen LogP contribution >= 0.6 is 12.2 Å². The maximum atomic E-state index is 10.9. The number of carbonyl (C=O) groups excluding carboxylic acids is 1. The predicted octanol–water partition coefficient (Wildman–Crippen LogP) is -1.29. The first-order valence-corrected chi connectivity index (χ1v) is 3.46. The SMILES string of the molecule is NCCC1NC(=S)NC1=O. The molecule has 0 aliphatic carbocycles. The monoisotopic (exact) mass is 159 g/mol. The van der Waals surface area contributed by atoms with E-state index >= 15 is 0 Å². The van der Waals surface area contributed by atoms with E-state index in [1.165, 1.54) is 0 Å². The molecule has 1 saturated heterocycles. The quantitative estimate of drug-likeness (QED) is 0.438. The van der Waals surface area contributed by atoms with Gasteiger partial charge < -0.3 is 16.4 Å². The Bertz CT molecular complexity index is 170. The lowest BCUT2D eigenvalue weighted by molar-refractivity contribution is -0.120. The minimum absolute atomic E-state index is 0.0737. The second-order valence-electron chi connectivity index (χ2n) is 2.09. The summed E-state index contributed by atoms with van der Waals surface area (Å²) in [5, 5.41) is 5.68. The number of nitrogens with two attached hydrogens (primary N) is 1. The van der Waals surface area contributed by atoms with Crippen LogP contribution in [0.3, 0.4) is 0 Å². The van der Waals surface area contributed by atoms with Gasteiger partial charge in [-0.2, -0.15) is 0 Å². The van der Waals surface area contributed by atoms with Gasteiger partial charge in [0.2, 0.25) is 5.91 Å². The molecule has 1 aliphatic heterocycles. The average molecular weight is 159 g/mol. The van der Waals surface area contributed by atoms with E-state index in [1.807, 2.05) is 0 Å². The first-order chi connectivity index (χ1) is 4.74. The molecule has 10 heavy (non-hydrogen) atoms. The molecule has 5 heteroatoms. The van der Waals surface area contributed by atoms with Crippen LogP contribution in [0, 0.1) is 0 Å². The summed E-state index contributed by atoms with van der Waals surface area (Å²) >= 11 is 4.70. The zero-order valence-electron chi connectivity index (χ0n) is 5.39. The first-order valence-electron chi connectivity index (χ1n) is 3.05. The van der Waals surface area contributed by atoms with Crippen LogP contribution in [-0.2, 0) is 4.79 Å². The van der Waals surface area contributed by atoms with Crippen molar-refractivity contribution in [3.63, 3.8) is 0 Å². The minimum atomic E-state index is -0.211. The Morgan fingerprint density at radius 3 is 2.80 bits per heavy atom. The Morgan fingerprint density at radius 1 is 1.70 bits per heavy atom. The Labute approximate surface area is 64.2 Å². The van der Waals surface area contributed by atoms with Crippen molar-refractivity contribution < 1.29 is 4.79 Å². The third kappa shape index (κ3) is 1.43. The summed E-state index contributed by atoms with van der Waals surface area (Å²) in [6.45, 7) is 0.494. The highest BCUT2D eigenvalue weighted by Gasteiger charge is 2.25. The molecule has 1 heterocycles. The molecule has 0 spiro atoms. The lowest BCUT2D eigenvalue weighted by Gasteiger charge is -2.02. The van der Waals surface area contributed by atoms with Gasteiger partial charge in [0.15, 0.2) is 5.11 Å². The topological polar surface area (TPSA) is 67.2 Å². The molecule has 0 bridgehead atoms. The van der Waals surface area contributed by atoms with Crippen LogP contribution in [-0.4, -0.2) is 23.6 Å². The van der Waals surface area contributed by atoms with Crippen LogP contribution in [0.1, 0.15) is 6.42 Å². The fourth-order valence-electron chi connectivity index (χ4n) is 0.829. The van der Waals surface area contributed by atoms with E-state index in [2.05, 4.69) is 10.6 Å². The molecule has 0 aromatic rings. The number of carbonyl (C=O) groups is 1. The van der Waals surface area contributed by atoms with Crippen LogP contribution < -0.4 is 16.4 Å². The van der Waals surface area contributed by atoms with Gasteiger partial charge in [0.1, 0.15) is 6.04 Å². The lowest BCUT2D eigenvalue weighted by atomic mass is 10.2. The Kier molecular flexibility index (Phi) is 2.18. The van der Waals surface area contributed by atoms with Gasteiger partial charge in [0.05, 0.1) is 0 Å². The van der Waals surface area contributed by atoms with Crippen LogP contribution in [0.25, 0.3) is 0 Å². The average Bonchev–Trinajstić information content (AvgIpc) is 2.13. The molecule has 56 valence electrons. The van der Waals surface area contributed by atoms with E-state index in [-0.39, 0.29) is 11.9 Å². The van der Waals surface area contributed by atoms with Gasteiger partial charge in [-0.3, -0.25) is 4.79 Å². The van der Waals surface area contributed by atoms with Crippen LogP contribution in [0.2, 0.25) is 0 Å². The summed E-state index contributed by atoms with van der Waals surface area (Å²) < 4.78 is 0. The molecular weight excluding hydrogens is 150 g/mol. The molecule has 1 aliphatic rings. The highest BCUT2D eigenvalue weighted by molar-refractivity contribution is 7.80. The number of nitrogens with one attached hydrogen (secondary N) is 2. The normalized spacial score (nSPS) is 24.3. The number of thiocarbonyl (C=S) groups is 1. The summed E-state index contributed by atoms with van der Waals surface area (Å²) in [6, 6.07) is -0.211. The molecule has 0 aromatic carbocycles. The second-order valence-corrected chi connectivity index (χ2v) is 2.50. The molecule has 0 saturated carbocycles. The van der Waals surface area contributed by atoms with Gasteiger partial charge in [-0.15, -0.1) is 0 Å². The number of hydrogen-bond acceptors (Lipinski definition) is 3. The van der Waals surface area contributed by atoms with Crippen molar-refractivity contribution >= 4 is 23.2 Å². The largest absolute Gasteiger partial charge is 0.351 e. The Morgan fingerprint density at radius 2 is 2.40 bits per heavy atom. The van der Waals surface area contributed by atoms with Crippen LogP contribution in [0.15, 0.2) is 0 Å². The van der Waals surface area contributed by atoms with Gasteiger partial charge in [-0.25, -0.2) is 0 Å². The minimum Gasteiger partial charge on any atom is -0.351 e. The molecule has 4 N–H and O–H groups in total. The highest BCUT2D eigenvalue weighted by atomic mass is 32.1. The fourth-order valence-corrected chi connectivity index (χ4v) is 1.07. The van der Waals surface area contributed by atoms with E-state index in [1.54, 1.807) is 0 Å². The van der Waals surface area contributed by atoms with E-state index in [0.717, 1.165) is 0 Å². The van der Waals surface area contributed by atoms with Crippen molar-refractivity contribution in [3.8, 4) is 0 Å². The molecule has 1 amide bonds. The smallest absolute Gasteiger partial charge is 0.248 e. The second kappa shape index (κ2) is 2.94. The van der Waals surface area contributed by atoms with Gasteiger partial charge in [0.25, 0.3) is 0 Å². The van der Waals surface area contributed by atoms with Gasteiger partial charge in [-0.1, -0.05) is 0 Å². The Hall–Kier alpha value is -0.680. The van der Waals surface area contributed by atoms with Crippen molar-refractivity contribution in [2.75, 3.05) is 6.54 Å². The van der Waals surface area contributed by atoms with Crippen LogP contribution in [0.5, 0.6) is 0 Å². The van der Waals surface area contributed by atoms with Crippen molar-refractivity contribution in [3.05, 3.63) is 0 Å². The number of hydrogen-bond donors (Lipinski definition) is 3.